The summed E-state index contributed by atoms with van der Waals surface area (Å²) < 4.78 is 15.2. The Labute approximate surface area is 185 Å². The van der Waals surface area contributed by atoms with Gasteiger partial charge in [-0.05, 0) is 48.6 Å². The number of ether oxygens (including phenoxy) is 2. The zero-order valence-corrected chi connectivity index (χ0v) is 18.6. The molecule has 2 aromatic carbocycles. The largest absolute Gasteiger partial charge is 0.496 e. The Bertz CT molecular complexity index is 1130. The molecule has 30 heavy (non-hydrogen) atoms. The fourth-order valence-corrected chi connectivity index (χ4v) is 4.18. The van der Waals surface area contributed by atoms with Crippen LogP contribution in [0.2, 0.25) is 5.02 Å². The van der Waals surface area contributed by atoms with Gasteiger partial charge in [-0.3, -0.25) is 4.90 Å². The minimum absolute atomic E-state index is 0.436. The summed E-state index contributed by atoms with van der Waals surface area (Å²) in [5.41, 5.74) is 2.62. The lowest BCUT2D eigenvalue weighted by Crippen LogP contribution is -2.36. The molecule has 1 aliphatic heterocycles. The molecular formula is C21H23ClN4O3S. The van der Waals surface area contributed by atoms with E-state index < -0.39 is 6.10 Å². The average molecular weight is 447 g/mol. The lowest BCUT2D eigenvalue weighted by molar-refractivity contribution is 0.0670. The molecule has 0 unspecified atom stereocenters. The molecule has 0 saturated carbocycles. The normalized spacial score (nSPS) is 16.4. The highest BCUT2D eigenvalue weighted by Gasteiger charge is 2.30. The molecule has 7 nitrogen and oxygen atoms in total. The van der Waals surface area contributed by atoms with Gasteiger partial charge in [-0.1, -0.05) is 11.6 Å². The number of methoxy groups -OCH3 is 2. The summed E-state index contributed by atoms with van der Waals surface area (Å²) in [6, 6.07) is 11.2. The van der Waals surface area contributed by atoms with Gasteiger partial charge in [-0.2, -0.15) is 5.10 Å². The van der Waals surface area contributed by atoms with Crippen molar-refractivity contribution in [1.29, 1.82) is 0 Å². The number of halogens is 1. The van der Waals surface area contributed by atoms with Crippen molar-refractivity contribution >= 4 is 23.8 Å². The molecule has 2 heterocycles. The minimum atomic E-state index is -0.701. The van der Waals surface area contributed by atoms with E-state index in [-0.39, 0.29) is 0 Å². The number of benzene rings is 2. The van der Waals surface area contributed by atoms with Gasteiger partial charge in [0.25, 0.3) is 0 Å². The Morgan fingerprint density at radius 2 is 1.80 bits per heavy atom. The van der Waals surface area contributed by atoms with E-state index in [1.54, 1.807) is 18.9 Å². The zero-order chi connectivity index (χ0) is 21.4. The van der Waals surface area contributed by atoms with Crippen LogP contribution in [-0.4, -0.2) is 45.1 Å². The van der Waals surface area contributed by atoms with Crippen molar-refractivity contribution in [2.75, 3.05) is 20.8 Å². The Morgan fingerprint density at radius 3 is 2.47 bits per heavy atom. The molecule has 1 atom stereocenters. The Hall–Kier alpha value is -2.39. The molecule has 4 rings (SSSR count). The first-order valence-electron chi connectivity index (χ1n) is 9.47. The number of nitrogens with zero attached hydrogens (tertiary/aromatic N) is 4. The Kier molecular flexibility index (Phi) is 5.84. The lowest BCUT2D eigenvalue weighted by atomic mass is 9.95. The molecule has 0 bridgehead atoms. The van der Waals surface area contributed by atoms with E-state index >= 15 is 0 Å². The Morgan fingerprint density at radius 1 is 1.13 bits per heavy atom. The number of fused-ring (bicyclic) bond motifs is 1. The summed E-state index contributed by atoms with van der Waals surface area (Å²) in [5, 5.41) is 16.2. The van der Waals surface area contributed by atoms with Gasteiger partial charge in [-0.15, -0.1) is 0 Å². The number of hydrogen-bond donors (Lipinski definition) is 1. The molecule has 1 N–H and O–H groups in total. The number of β-amino-alcohol motifs (C(OH)–C–C–N with tert-alkyl or cyclic N) is 1. The highest BCUT2D eigenvalue weighted by Crippen LogP contribution is 2.39. The van der Waals surface area contributed by atoms with Gasteiger partial charge in [0, 0.05) is 41.9 Å². The second kappa shape index (κ2) is 8.39. The Balaban J connectivity index is 1.64. The summed E-state index contributed by atoms with van der Waals surface area (Å²) in [6.45, 7) is 1.46. The fraction of sp³-hybridized carbons (Fsp3) is 0.333. The van der Waals surface area contributed by atoms with E-state index in [0.717, 1.165) is 28.3 Å². The molecule has 9 heteroatoms. The molecule has 0 saturated heterocycles. The van der Waals surface area contributed by atoms with E-state index in [1.807, 2.05) is 48.0 Å². The van der Waals surface area contributed by atoms with Gasteiger partial charge in [0.05, 0.1) is 27.0 Å². The summed E-state index contributed by atoms with van der Waals surface area (Å²) in [7, 11) is 5.12. The summed E-state index contributed by atoms with van der Waals surface area (Å²) >= 11 is 11.6. The summed E-state index contributed by atoms with van der Waals surface area (Å²) in [6.07, 6.45) is -0.701. The van der Waals surface area contributed by atoms with Gasteiger partial charge in [0.2, 0.25) is 0 Å². The van der Waals surface area contributed by atoms with E-state index in [2.05, 4.69) is 4.90 Å². The third-order valence-electron chi connectivity index (χ3n) is 5.34. The van der Waals surface area contributed by atoms with E-state index in [4.69, 9.17) is 38.4 Å². The number of hydrogen-bond acceptors (Lipinski definition) is 6. The van der Waals surface area contributed by atoms with Crippen LogP contribution in [0.5, 0.6) is 11.5 Å². The maximum Gasteiger partial charge on any atom is 0.199 e. The van der Waals surface area contributed by atoms with Crippen molar-refractivity contribution < 1.29 is 14.6 Å². The molecule has 0 fully saturated rings. The van der Waals surface area contributed by atoms with Crippen molar-refractivity contribution in [3.63, 3.8) is 0 Å². The molecule has 158 valence electrons. The van der Waals surface area contributed by atoms with Crippen LogP contribution in [0.25, 0.3) is 11.4 Å². The van der Waals surface area contributed by atoms with Crippen molar-refractivity contribution in [2.45, 2.75) is 19.3 Å². The molecule has 0 aliphatic carbocycles. The van der Waals surface area contributed by atoms with Crippen molar-refractivity contribution in [3.8, 4) is 22.9 Å². The quantitative estimate of drug-likeness (QED) is 0.601. The summed E-state index contributed by atoms with van der Waals surface area (Å²) in [5.74, 6) is 2.15. The SMILES string of the molecule is COc1ccc(OC)c2c1CN(Cn1nc(-c3ccc(Cl)cc3)n(C)c1=S)C[C@H]2O. The van der Waals surface area contributed by atoms with Crippen LogP contribution in [0, 0.1) is 4.77 Å². The van der Waals surface area contributed by atoms with Crippen molar-refractivity contribution in [2.24, 2.45) is 7.05 Å². The highest BCUT2D eigenvalue weighted by atomic mass is 35.5. The molecule has 1 aliphatic rings. The molecule has 0 amide bonds. The number of aromatic nitrogens is 3. The zero-order valence-electron chi connectivity index (χ0n) is 17.0. The monoisotopic (exact) mass is 446 g/mol. The first-order valence-corrected chi connectivity index (χ1v) is 10.3. The first-order chi connectivity index (χ1) is 14.4. The lowest BCUT2D eigenvalue weighted by Gasteiger charge is -2.33. The smallest absolute Gasteiger partial charge is 0.199 e. The predicted molar refractivity (Wildman–Crippen MR) is 117 cm³/mol. The van der Waals surface area contributed by atoms with Crippen LogP contribution < -0.4 is 9.47 Å². The number of aliphatic hydroxyl groups excluding tert-OH is 1. The van der Waals surface area contributed by atoms with Crippen LogP contribution in [0.3, 0.4) is 0 Å². The van der Waals surface area contributed by atoms with Crippen LogP contribution in [-0.2, 0) is 20.3 Å². The number of rotatable bonds is 5. The van der Waals surface area contributed by atoms with Crippen molar-refractivity contribution in [1.82, 2.24) is 19.2 Å². The molecular weight excluding hydrogens is 424 g/mol. The topological polar surface area (TPSA) is 64.7 Å². The second-order valence-corrected chi connectivity index (χ2v) is 8.00. The van der Waals surface area contributed by atoms with Gasteiger partial charge < -0.3 is 19.1 Å². The van der Waals surface area contributed by atoms with Gasteiger partial charge in [0.1, 0.15) is 11.5 Å². The van der Waals surface area contributed by atoms with Crippen LogP contribution in [0.4, 0.5) is 0 Å². The highest BCUT2D eigenvalue weighted by molar-refractivity contribution is 7.71. The van der Waals surface area contributed by atoms with Gasteiger partial charge in [0.15, 0.2) is 10.6 Å². The van der Waals surface area contributed by atoms with Gasteiger partial charge in [-0.25, -0.2) is 4.68 Å². The maximum atomic E-state index is 10.8. The van der Waals surface area contributed by atoms with E-state index in [1.165, 1.54) is 0 Å². The predicted octanol–water partition coefficient (Wildman–Crippen LogP) is 3.80. The number of aliphatic hydroxyl groups is 1. The average Bonchev–Trinajstić information content (AvgIpc) is 3.02. The van der Waals surface area contributed by atoms with Crippen LogP contribution in [0.15, 0.2) is 36.4 Å². The molecule has 3 aromatic rings. The van der Waals surface area contributed by atoms with E-state index in [0.29, 0.717) is 35.3 Å². The molecule has 1 aromatic heterocycles. The first kappa shape index (κ1) is 20.9. The maximum absolute atomic E-state index is 10.8. The minimum Gasteiger partial charge on any atom is -0.496 e. The fourth-order valence-electron chi connectivity index (χ4n) is 3.87. The standard InChI is InChI=1S/C21H23ClN4O3S/c1-24-20(13-4-6-14(22)7-5-13)23-26(21(24)30)12-25-10-15-17(28-2)8-9-18(29-3)19(15)16(27)11-25/h4-9,16,27H,10-12H2,1-3H3/t16-/m1/s1. The third kappa shape index (κ3) is 3.72. The second-order valence-electron chi connectivity index (χ2n) is 7.20. The summed E-state index contributed by atoms with van der Waals surface area (Å²) in [4.78, 5) is 2.09. The third-order valence-corrected chi connectivity index (χ3v) is 6.07. The van der Waals surface area contributed by atoms with Gasteiger partial charge >= 0.3 is 0 Å². The van der Waals surface area contributed by atoms with Crippen LogP contribution >= 0.6 is 23.8 Å². The van der Waals surface area contributed by atoms with Crippen LogP contribution in [0.1, 0.15) is 17.2 Å². The van der Waals surface area contributed by atoms with Crippen molar-refractivity contribution in [3.05, 3.63) is 57.3 Å². The van der Waals surface area contributed by atoms with E-state index in [9.17, 15) is 5.11 Å². The molecule has 0 spiro atoms. The molecule has 0 radical (unpaired) electrons.